The van der Waals surface area contributed by atoms with Crippen LogP contribution < -0.4 is 0 Å². The fraction of sp³-hybridized carbons (Fsp3) is 0. The average molecular weight is 243 g/mol. The first-order valence-electron chi connectivity index (χ1n) is 3.48. The molecule has 0 aromatic carbocycles. The predicted octanol–water partition coefficient (Wildman–Crippen LogP) is 2.24. The molecule has 2 aromatic heterocycles. The fourth-order valence-corrected chi connectivity index (χ4v) is 1.30. The summed E-state index contributed by atoms with van der Waals surface area (Å²) in [7, 11) is 0. The quantitative estimate of drug-likeness (QED) is 0.721. The van der Waals surface area contributed by atoms with Gasteiger partial charge in [-0.1, -0.05) is 0 Å². The molecule has 0 aliphatic rings. The van der Waals surface area contributed by atoms with Crippen LogP contribution in [-0.4, -0.2) is 15.1 Å². The largest absolute Gasteiger partial charge is 0.506 e. The fourth-order valence-electron chi connectivity index (χ4n) is 1.01. The lowest BCUT2D eigenvalue weighted by Crippen LogP contribution is -1.88. The van der Waals surface area contributed by atoms with Crippen LogP contribution in [0.3, 0.4) is 0 Å². The van der Waals surface area contributed by atoms with Gasteiger partial charge in [-0.15, -0.1) is 0 Å². The lowest BCUT2D eigenvalue weighted by atomic mass is 10.3. The maximum Gasteiger partial charge on any atom is 0.158 e. The third-order valence-electron chi connectivity index (χ3n) is 1.60. The van der Waals surface area contributed by atoms with E-state index in [1.165, 1.54) is 18.3 Å². The minimum absolute atomic E-state index is 0.00861. The molecule has 0 radical (unpaired) electrons. The van der Waals surface area contributed by atoms with E-state index < -0.39 is 5.82 Å². The van der Waals surface area contributed by atoms with Gasteiger partial charge >= 0.3 is 0 Å². The SMILES string of the molecule is Oc1ccnc2cc(F)c(Br)nc12. The number of fused-ring (bicyclic) bond motifs is 1. The van der Waals surface area contributed by atoms with Crippen LogP contribution in [0.4, 0.5) is 4.39 Å². The van der Waals surface area contributed by atoms with Crippen molar-refractivity contribution in [2.75, 3.05) is 0 Å². The van der Waals surface area contributed by atoms with Gasteiger partial charge in [-0.25, -0.2) is 9.37 Å². The van der Waals surface area contributed by atoms with Crippen LogP contribution in [0.2, 0.25) is 0 Å². The average Bonchev–Trinajstić information content (AvgIpc) is 2.09. The first-order chi connectivity index (χ1) is 6.18. The molecule has 0 amide bonds. The zero-order chi connectivity index (χ0) is 9.42. The smallest absolute Gasteiger partial charge is 0.158 e. The second-order valence-corrected chi connectivity index (χ2v) is 3.21. The lowest BCUT2D eigenvalue weighted by molar-refractivity contribution is 0.479. The summed E-state index contributed by atoms with van der Waals surface area (Å²) in [6.07, 6.45) is 1.40. The van der Waals surface area contributed by atoms with Crippen molar-refractivity contribution in [2.24, 2.45) is 0 Å². The molecule has 0 saturated heterocycles. The van der Waals surface area contributed by atoms with Crippen molar-refractivity contribution in [2.45, 2.75) is 0 Å². The molecule has 0 saturated carbocycles. The van der Waals surface area contributed by atoms with Gasteiger partial charge in [0.2, 0.25) is 0 Å². The van der Waals surface area contributed by atoms with E-state index in [0.29, 0.717) is 5.52 Å². The number of rotatable bonds is 0. The van der Waals surface area contributed by atoms with Crippen molar-refractivity contribution in [3.63, 3.8) is 0 Å². The van der Waals surface area contributed by atoms with E-state index in [2.05, 4.69) is 25.9 Å². The minimum Gasteiger partial charge on any atom is -0.506 e. The Morgan fingerprint density at radius 3 is 3.00 bits per heavy atom. The normalized spacial score (nSPS) is 10.6. The topological polar surface area (TPSA) is 46.0 Å². The van der Waals surface area contributed by atoms with Crippen molar-refractivity contribution in [3.05, 3.63) is 28.7 Å². The van der Waals surface area contributed by atoms with E-state index in [9.17, 15) is 9.50 Å². The molecule has 5 heteroatoms. The lowest BCUT2D eigenvalue weighted by Gasteiger charge is -1.99. The van der Waals surface area contributed by atoms with Crippen molar-refractivity contribution < 1.29 is 9.50 Å². The minimum atomic E-state index is -0.495. The number of aromatic nitrogens is 2. The highest BCUT2D eigenvalue weighted by molar-refractivity contribution is 9.10. The molecule has 0 aliphatic carbocycles. The van der Waals surface area contributed by atoms with Crippen LogP contribution in [0.25, 0.3) is 11.0 Å². The molecule has 0 unspecified atom stereocenters. The van der Waals surface area contributed by atoms with Crippen molar-refractivity contribution in [1.29, 1.82) is 0 Å². The number of pyridine rings is 2. The molecule has 0 atom stereocenters. The molecular formula is C8H4BrFN2O. The van der Waals surface area contributed by atoms with Crippen LogP contribution in [-0.2, 0) is 0 Å². The third-order valence-corrected chi connectivity index (χ3v) is 2.16. The molecule has 0 fully saturated rings. The second kappa shape index (κ2) is 2.92. The molecule has 13 heavy (non-hydrogen) atoms. The molecule has 1 N–H and O–H groups in total. The van der Waals surface area contributed by atoms with E-state index in [4.69, 9.17) is 0 Å². The van der Waals surface area contributed by atoms with Crippen LogP contribution in [0, 0.1) is 5.82 Å². The summed E-state index contributed by atoms with van der Waals surface area (Å²) in [5.74, 6) is -0.503. The molecule has 0 bridgehead atoms. The Morgan fingerprint density at radius 2 is 2.23 bits per heavy atom. The van der Waals surface area contributed by atoms with Gasteiger partial charge < -0.3 is 5.11 Å². The Bertz CT molecular complexity index is 475. The zero-order valence-electron chi connectivity index (χ0n) is 6.33. The highest BCUT2D eigenvalue weighted by Crippen LogP contribution is 2.24. The molecular weight excluding hydrogens is 239 g/mol. The van der Waals surface area contributed by atoms with Crippen molar-refractivity contribution in [1.82, 2.24) is 9.97 Å². The molecule has 2 rings (SSSR count). The van der Waals surface area contributed by atoms with E-state index in [0.717, 1.165) is 0 Å². The Balaban J connectivity index is 2.89. The third kappa shape index (κ3) is 1.35. The predicted molar refractivity (Wildman–Crippen MR) is 48.9 cm³/mol. The summed E-state index contributed by atoms with van der Waals surface area (Å²) >= 11 is 2.93. The molecule has 66 valence electrons. The molecule has 2 aromatic rings. The maximum absolute atomic E-state index is 12.9. The number of halogens is 2. The number of hydrogen-bond donors (Lipinski definition) is 1. The summed E-state index contributed by atoms with van der Waals surface area (Å²) in [5, 5.41) is 9.34. The number of aromatic hydroxyl groups is 1. The molecule has 0 aliphatic heterocycles. The highest BCUT2D eigenvalue weighted by Gasteiger charge is 2.07. The van der Waals surface area contributed by atoms with Gasteiger partial charge in [0.15, 0.2) is 5.82 Å². The van der Waals surface area contributed by atoms with E-state index in [1.54, 1.807) is 0 Å². The first-order valence-corrected chi connectivity index (χ1v) is 4.27. The number of nitrogens with zero attached hydrogens (tertiary/aromatic N) is 2. The summed E-state index contributed by atoms with van der Waals surface area (Å²) in [6.45, 7) is 0. The van der Waals surface area contributed by atoms with Gasteiger partial charge in [-0.3, -0.25) is 4.98 Å². The van der Waals surface area contributed by atoms with Crippen LogP contribution in [0.5, 0.6) is 5.75 Å². The van der Waals surface area contributed by atoms with Crippen molar-refractivity contribution >= 4 is 27.0 Å². The maximum atomic E-state index is 12.9. The van der Waals surface area contributed by atoms with Gasteiger partial charge in [-0.05, 0) is 15.9 Å². The van der Waals surface area contributed by atoms with Crippen LogP contribution >= 0.6 is 15.9 Å². The molecule has 2 heterocycles. The molecule has 0 spiro atoms. The summed E-state index contributed by atoms with van der Waals surface area (Å²) < 4.78 is 13.0. The summed E-state index contributed by atoms with van der Waals surface area (Å²) in [5.41, 5.74) is 0.622. The van der Waals surface area contributed by atoms with Crippen LogP contribution in [0.1, 0.15) is 0 Å². The van der Waals surface area contributed by atoms with Gasteiger partial charge in [0.05, 0.1) is 5.52 Å². The van der Waals surface area contributed by atoms with E-state index in [-0.39, 0.29) is 15.9 Å². The monoisotopic (exact) mass is 242 g/mol. The Morgan fingerprint density at radius 1 is 1.46 bits per heavy atom. The van der Waals surface area contributed by atoms with E-state index >= 15 is 0 Å². The van der Waals surface area contributed by atoms with Gasteiger partial charge in [0.25, 0.3) is 0 Å². The van der Waals surface area contributed by atoms with Crippen LogP contribution in [0.15, 0.2) is 22.9 Å². The summed E-state index contributed by atoms with van der Waals surface area (Å²) in [4.78, 5) is 7.66. The zero-order valence-corrected chi connectivity index (χ0v) is 7.92. The Labute approximate surface area is 81.4 Å². The first kappa shape index (κ1) is 8.37. The Kier molecular flexibility index (Phi) is 1.88. The number of hydrogen-bond acceptors (Lipinski definition) is 3. The highest BCUT2D eigenvalue weighted by atomic mass is 79.9. The Hall–Kier alpha value is -1.23. The van der Waals surface area contributed by atoms with Gasteiger partial charge in [-0.2, -0.15) is 0 Å². The summed E-state index contributed by atoms with van der Waals surface area (Å²) in [6, 6.07) is 2.62. The second-order valence-electron chi connectivity index (χ2n) is 2.46. The van der Waals surface area contributed by atoms with E-state index in [1.807, 2.05) is 0 Å². The molecule has 3 nitrogen and oxygen atoms in total. The van der Waals surface area contributed by atoms with Crippen molar-refractivity contribution in [3.8, 4) is 5.75 Å². The standard InChI is InChI=1S/C8H4BrFN2O/c9-8-4(10)3-5-7(12-8)6(13)1-2-11-5/h1-3H,(H,11,13). The van der Waals surface area contributed by atoms with Gasteiger partial charge in [0.1, 0.15) is 15.9 Å². The van der Waals surface area contributed by atoms with Gasteiger partial charge in [0, 0.05) is 18.3 Å².